The first-order chi connectivity index (χ1) is 17.9. The summed E-state index contributed by atoms with van der Waals surface area (Å²) in [6.45, 7) is 2.16. The van der Waals surface area contributed by atoms with Crippen LogP contribution in [0.4, 0.5) is 11.8 Å². The van der Waals surface area contributed by atoms with Crippen LogP contribution in [0.1, 0.15) is 5.56 Å². The molecule has 2 N–H and O–H groups in total. The minimum atomic E-state index is -0.104. The third-order valence-electron chi connectivity index (χ3n) is 6.23. The number of rotatable bonds is 8. The Morgan fingerprint density at radius 1 is 0.838 bits per heavy atom. The molecule has 0 unspecified atom stereocenters. The van der Waals surface area contributed by atoms with Gasteiger partial charge in [-0.3, -0.25) is 4.79 Å². The molecule has 1 aliphatic rings. The van der Waals surface area contributed by atoms with Gasteiger partial charge in [-0.15, -0.1) is 0 Å². The Morgan fingerprint density at radius 2 is 1.49 bits per heavy atom. The van der Waals surface area contributed by atoms with E-state index < -0.39 is 0 Å². The van der Waals surface area contributed by atoms with Gasteiger partial charge in [0.15, 0.2) is 23.0 Å². The molecule has 1 fully saturated rings. The van der Waals surface area contributed by atoms with Crippen molar-refractivity contribution in [3.8, 4) is 28.7 Å². The maximum Gasteiger partial charge on any atom is 0.246 e. The number of nitrogen functional groups attached to an aromatic ring is 1. The van der Waals surface area contributed by atoms with Crippen LogP contribution in [0.5, 0.6) is 28.7 Å². The fourth-order valence-electron chi connectivity index (χ4n) is 4.26. The third kappa shape index (κ3) is 5.11. The highest BCUT2D eigenvalue weighted by molar-refractivity contribution is 5.93. The number of carbonyl (C=O) groups excluding carboxylic acids is 1. The Labute approximate surface area is 215 Å². The molecule has 1 saturated heterocycles. The van der Waals surface area contributed by atoms with Gasteiger partial charge in [-0.25, -0.2) is 4.98 Å². The smallest absolute Gasteiger partial charge is 0.246 e. The van der Waals surface area contributed by atoms with E-state index in [1.807, 2.05) is 11.0 Å². The van der Waals surface area contributed by atoms with Crippen LogP contribution in [-0.2, 0) is 4.79 Å². The van der Waals surface area contributed by atoms with E-state index in [1.165, 1.54) is 6.08 Å². The molecule has 37 heavy (non-hydrogen) atoms. The molecule has 0 aliphatic carbocycles. The van der Waals surface area contributed by atoms with Gasteiger partial charge in [0.1, 0.15) is 5.82 Å². The lowest BCUT2D eigenvalue weighted by Gasteiger charge is -2.34. The number of carbonyl (C=O) groups is 1. The molecule has 11 heteroatoms. The van der Waals surface area contributed by atoms with Crippen LogP contribution in [0.2, 0.25) is 0 Å². The van der Waals surface area contributed by atoms with Gasteiger partial charge in [0.2, 0.25) is 17.6 Å². The number of ether oxygens (including phenoxy) is 5. The van der Waals surface area contributed by atoms with E-state index in [4.69, 9.17) is 29.4 Å². The van der Waals surface area contributed by atoms with Crippen molar-refractivity contribution in [2.75, 3.05) is 72.4 Å². The predicted molar refractivity (Wildman–Crippen MR) is 141 cm³/mol. The largest absolute Gasteiger partial charge is 0.493 e. The summed E-state index contributed by atoms with van der Waals surface area (Å²) >= 11 is 0. The van der Waals surface area contributed by atoms with Crippen LogP contribution in [0.25, 0.3) is 17.0 Å². The highest BCUT2D eigenvalue weighted by Crippen LogP contribution is 2.40. The number of fused-ring (bicyclic) bond motifs is 1. The molecule has 11 nitrogen and oxygen atoms in total. The van der Waals surface area contributed by atoms with Crippen LogP contribution in [-0.4, -0.2) is 82.5 Å². The first kappa shape index (κ1) is 25.7. The fourth-order valence-corrected chi connectivity index (χ4v) is 4.26. The molecular weight excluding hydrogens is 478 g/mol. The quantitative estimate of drug-likeness (QED) is 0.454. The van der Waals surface area contributed by atoms with Crippen LogP contribution in [0.3, 0.4) is 0 Å². The van der Waals surface area contributed by atoms with Crippen molar-refractivity contribution in [1.82, 2.24) is 14.9 Å². The zero-order valence-electron chi connectivity index (χ0n) is 21.6. The lowest BCUT2D eigenvalue weighted by molar-refractivity contribution is -0.126. The van der Waals surface area contributed by atoms with Crippen molar-refractivity contribution in [2.45, 2.75) is 0 Å². The molecule has 1 aromatic heterocycles. The van der Waals surface area contributed by atoms with E-state index in [0.29, 0.717) is 83.2 Å². The molecule has 1 aliphatic heterocycles. The van der Waals surface area contributed by atoms with Gasteiger partial charge in [-0.1, -0.05) is 0 Å². The highest BCUT2D eigenvalue weighted by atomic mass is 16.5. The van der Waals surface area contributed by atoms with Crippen LogP contribution in [0, 0.1) is 0 Å². The number of hydrogen-bond donors (Lipinski definition) is 1. The lowest BCUT2D eigenvalue weighted by atomic mass is 10.1. The van der Waals surface area contributed by atoms with Crippen molar-refractivity contribution in [3.63, 3.8) is 0 Å². The topological polar surface area (TPSA) is 122 Å². The molecular formula is C26H31N5O6. The summed E-state index contributed by atoms with van der Waals surface area (Å²) in [6.07, 6.45) is 3.24. The number of aromatic nitrogens is 2. The maximum atomic E-state index is 12.9. The molecule has 0 spiro atoms. The number of amides is 1. The number of methoxy groups -OCH3 is 5. The number of nitrogens with two attached hydrogens (primary N) is 1. The molecule has 0 radical (unpaired) electrons. The van der Waals surface area contributed by atoms with E-state index in [1.54, 1.807) is 64.7 Å². The van der Waals surface area contributed by atoms with E-state index in [-0.39, 0.29) is 5.91 Å². The highest BCUT2D eigenvalue weighted by Gasteiger charge is 2.23. The number of hydrogen-bond acceptors (Lipinski definition) is 10. The second-order valence-corrected chi connectivity index (χ2v) is 8.20. The summed E-state index contributed by atoms with van der Waals surface area (Å²) < 4.78 is 27.0. The molecule has 2 aromatic carbocycles. The Morgan fingerprint density at radius 3 is 2.11 bits per heavy atom. The number of anilines is 2. The molecule has 0 bridgehead atoms. The van der Waals surface area contributed by atoms with E-state index in [9.17, 15) is 4.79 Å². The van der Waals surface area contributed by atoms with E-state index in [0.717, 1.165) is 0 Å². The van der Waals surface area contributed by atoms with Gasteiger partial charge < -0.3 is 39.2 Å². The van der Waals surface area contributed by atoms with E-state index >= 15 is 0 Å². The first-order valence-electron chi connectivity index (χ1n) is 11.6. The van der Waals surface area contributed by atoms with Crippen molar-refractivity contribution in [2.24, 2.45) is 0 Å². The SMILES string of the molecule is COc1cc2nc(N3CCN(C(=O)C=Cc4ccc(OC)c(OC)c4OC)CC3)nc(N)c2cc1OC. The Balaban J connectivity index is 1.46. The first-order valence-corrected chi connectivity index (χ1v) is 11.6. The third-order valence-corrected chi connectivity index (χ3v) is 6.23. The molecule has 3 aromatic rings. The monoisotopic (exact) mass is 509 g/mol. The average molecular weight is 510 g/mol. The van der Waals surface area contributed by atoms with Gasteiger partial charge in [-0.05, 0) is 24.3 Å². The fraction of sp³-hybridized carbons (Fsp3) is 0.346. The average Bonchev–Trinajstić information content (AvgIpc) is 2.94. The molecule has 4 rings (SSSR count). The predicted octanol–water partition coefficient (Wildman–Crippen LogP) is 2.62. The summed E-state index contributed by atoms with van der Waals surface area (Å²) in [5, 5.41) is 0.686. The van der Waals surface area contributed by atoms with Crippen molar-refractivity contribution < 1.29 is 28.5 Å². The summed E-state index contributed by atoms with van der Waals surface area (Å²) in [5.74, 6) is 3.40. The van der Waals surface area contributed by atoms with Crippen LogP contribution < -0.4 is 34.3 Å². The van der Waals surface area contributed by atoms with Crippen molar-refractivity contribution in [3.05, 3.63) is 35.9 Å². The Hall–Kier alpha value is -4.41. The molecule has 0 atom stereocenters. The van der Waals surface area contributed by atoms with Gasteiger partial charge in [-0.2, -0.15) is 4.98 Å². The minimum Gasteiger partial charge on any atom is -0.493 e. The van der Waals surface area contributed by atoms with Crippen molar-refractivity contribution >= 4 is 34.7 Å². The van der Waals surface area contributed by atoms with Gasteiger partial charge in [0.25, 0.3) is 0 Å². The lowest BCUT2D eigenvalue weighted by Crippen LogP contribution is -2.48. The number of benzene rings is 2. The summed E-state index contributed by atoms with van der Waals surface area (Å²) in [6, 6.07) is 7.13. The van der Waals surface area contributed by atoms with Gasteiger partial charge >= 0.3 is 0 Å². The molecule has 196 valence electrons. The Kier molecular flexibility index (Phi) is 7.71. The summed E-state index contributed by atoms with van der Waals surface area (Å²) in [7, 11) is 7.78. The summed E-state index contributed by atoms with van der Waals surface area (Å²) in [5.41, 5.74) is 7.60. The summed E-state index contributed by atoms with van der Waals surface area (Å²) in [4.78, 5) is 25.9. The maximum absolute atomic E-state index is 12.9. The number of piperazine rings is 1. The Bertz CT molecular complexity index is 1320. The van der Waals surface area contributed by atoms with Crippen LogP contribution >= 0.6 is 0 Å². The second-order valence-electron chi connectivity index (χ2n) is 8.20. The molecule has 1 amide bonds. The number of nitrogens with zero attached hydrogens (tertiary/aromatic N) is 4. The minimum absolute atomic E-state index is 0.104. The molecule has 0 saturated carbocycles. The zero-order chi connectivity index (χ0) is 26.5. The van der Waals surface area contributed by atoms with Crippen molar-refractivity contribution in [1.29, 1.82) is 0 Å². The van der Waals surface area contributed by atoms with Crippen LogP contribution in [0.15, 0.2) is 30.3 Å². The standard InChI is InChI=1S/C26H31N5O6/c1-33-19-8-6-16(23(36-4)24(19)37-5)7-9-22(32)30-10-12-31(13-11-30)26-28-18-15-21(35-3)20(34-2)14-17(18)25(27)29-26/h6-9,14-15H,10-13H2,1-5H3,(H2,27,28,29). The van der Waals surface area contributed by atoms with E-state index in [2.05, 4.69) is 9.97 Å². The van der Waals surface area contributed by atoms with Gasteiger partial charge in [0, 0.05) is 49.3 Å². The normalized spacial score (nSPS) is 13.6. The second kappa shape index (κ2) is 11.1. The van der Waals surface area contributed by atoms with Gasteiger partial charge in [0.05, 0.1) is 41.1 Å². The molecule has 2 heterocycles. The zero-order valence-corrected chi connectivity index (χ0v) is 21.6.